The lowest BCUT2D eigenvalue weighted by atomic mass is 10.2. The highest BCUT2D eigenvalue weighted by molar-refractivity contribution is 7.89. The molecule has 2 amide bonds. The summed E-state index contributed by atoms with van der Waals surface area (Å²) >= 11 is 0. The number of hydrogen-bond donors (Lipinski definition) is 3. The van der Waals surface area contributed by atoms with E-state index in [9.17, 15) is 18.0 Å². The van der Waals surface area contributed by atoms with Gasteiger partial charge in [-0.3, -0.25) is 9.59 Å². The van der Waals surface area contributed by atoms with Crippen molar-refractivity contribution in [2.75, 3.05) is 18.9 Å². The summed E-state index contributed by atoms with van der Waals surface area (Å²) in [5.41, 5.74) is 0.891. The second kappa shape index (κ2) is 8.41. The van der Waals surface area contributed by atoms with Crippen molar-refractivity contribution in [3.8, 4) is 0 Å². The molecule has 8 heteroatoms. The number of sulfonamides is 1. The van der Waals surface area contributed by atoms with Crippen LogP contribution in [0.5, 0.6) is 0 Å². The number of benzene rings is 2. The summed E-state index contributed by atoms with van der Waals surface area (Å²) in [7, 11) is -2.11. The predicted molar refractivity (Wildman–Crippen MR) is 94.7 cm³/mol. The summed E-state index contributed by atoms with van der Waals surface area (Å²) in [6.45, 7) is -0.0296. The average molecular weight is 361 g/mol. The number of hydrogen-bond acceptors (Lipinski definition) is 4. The summed E-state index contributed by atoms with van der Waals surface area (Å²) in [6.07, 6.45) is -0.0315. The lowest BCUT2D eigenvalue weighted by Gasteiger charge is -2.08. The zero-order chi connectivity index (χ0) is 18.3. The van der Waals surface area contributed by atoms with E-state index < -0.39 is 10.0 Å². The van der Waals surface area contributed by atoms with Crippen LogP contribution in [0.25, 0.3) is 0 Å². The first-order valence-electron chi connectivity index (χ1n) is 7.59. The molecular weight excluding hydrogens is 342 g/mol. The molecule has 0 spiro atoms. The van der Waals surface area contributed by atoms with Gasteiger partial charge in [-0.15, -0.1) is 0 Å². The molecule has 0 aliphatic heterocycles. The van der Waals surface area contributed by atoms with Crippen LogP contribution in [-0.2, 0) is 14.8 Å². The molecule has 0 saturated heterocycles. The van der Waals surface area contributed by atoms with E-state index in [-0.39, 0.29) is 29.7 Å². The summed E-state index contributed by atoms with van der Waals surface area (Å²) in [5, 5.41) is 5.13. The van der Waals surface area contributed by atoms with Crippen molar-refractivity contribution >= 4 is 27.5 Å². The Morgan fingerprint density at radius 3 is 2.40 bits per heavy atom. The third kappa shape index (κ3) is 5.40. The number of nitrogens with one attached hydrogen (secondary N) is 3. The van der Waals surface area contributed by atoms with Crippen molar-refractivity contribution in [3.63, 3.8) is 0 Å². The zero-order valence-electron chi connectivity index (χ0n) is 13.7. The third-order valence-corrected chi connectivity index (χ3v) is 4.81. The number of anilines is 1. The topological polar surface area (TPSA) is 104 Å². The first kappa shape index (κ1) is 18.6. The molecule has 0 unspecified atom stereocenters. The molecule has 0 atom stereocenters. The van der Waals surface area contributed by atoms with E-state index in [1.165, 1.54) is 19.2 Å². The molecule has 7 nitrogen and oxygen atoms in total. The van der Waals surface area contributed by atoms with Crippen molar-refractivity contribution < 1.29 is 18.0 Å². The van der Waals surface area contributed by atoms with Crippen LogP contribution in [0.3, 0.4) is 0 Å². The zero-order valence-corrected chi connectivity index (χ0v) is 14.5. The van der Waals surface area contributed by atoms with Crippen molar-refractivity contribution in [2.24, 2.45) is 0 Å². The third-order valence-electron chi connectivity index (χ3n) is 3.33. The maximum Gasteiger partial charge on any atom is 0.251 e. The molecule has 0 aliphatic carbocycles. The molecule has 0 aromatic heterocycles. The van der Waals surface area contributed by atoms with Crippen molar-refractivity contribution in [3.05, 3.63) is 60.2 Å². The van der Waals surface area contributed by atoms with E-state index in [1.54, 1.807) is 42.5 Å². The fourth-order valence-corrected chi connectivity index (χ4v) is 3.14. The molecule has 0 heterocycles. The highest BCUT2D eigenvalue weighted by Gasteiger charge is 2.13. The number of rotatable bonds is 7. The molecule has 0 radical (unpaired) electrons. The quantitative estimate of drug-likeness (QED) is 0.692. The van der Waals surface area contributed by atoms with Gasteiger partial charge in [-0.2, -0.15) is 0 Å². The van der Waals surface area contributed by atoms with Gasteiger partial charge in [-0.1, -0.05) is 24.3 Å². The van der Waals surface area contributed by atoms with Gasteiger partial charge in [0.2, 0.25) is 15.9 Å². The number of carbonyl (C=O) groups excluding carboxylic acids is 2. The molecule has 0 aliphatic rings. The molecule has 2 aromatic carbocycles. The van der Waals surface area contributed by atoms with Crippen LogP contribution in [0.2, 0.25) is 0 Å². The largest absolute Gasteiger partial charge is 0.355 e. The monoisotopic (exact) mass is 361 g/mol. The van der Waals surface area contributed by atoms with Gasteiger partial charge in [0.1, 0.15) is 0 Å². The molecule has 132 valence electrons. The van der Waals surface area contributed by atoms with E-state index in [0.717, 1.165) is 0 Å². The normalized spacial score (nSPS) is 10.9. The van der Waals surface area contributed by atoms with Crippen LogP contribution in [0.15, 0.2) is 59.5 Å². The Morgan fingerprint density at radius 2 is 1.72 bits per heavy atom. The van der Waals surface area contributed by atoms with E-state index in [4.69, 9.17) is 0 Å². The van der Waals surface area contributed by atoms with Crippen LogP contribution in [0, 0.1) is 0 Å². The SMILES string of the molecule is CNC(=O)c1cccc(NC(=O)CCNS(=O)(=O)c2ccccc2)c1. The standard InChI is InChI=1S/C17H19N3O4S/c1-18-17(22)13-6-5-7-14(12-13)20-16(21)10-11-19-25(23,24)15-8-3-2-4-9-15/h2-9,12,19H,10-11H2,1H3,(H,18,22)(H,20,21). The van der Waals surface area contributed by atoms with Crippen LogP contribution in [-0.4, -0.2) is 33.8 Å². The Balaban J connectivity index is 1.88. The van der Waals surface area contributed by atoms with Gasteiger partial charge in [0.15, 0.2) is 0 Å². The van der Waals surface area contributed by atoms with Gasteiger partial charge in [0, 0.05) is 31.3 Å². The maximum absolute atomic E-state index is 12.0. The molecular formula is C17H19N3O4S. The second-order valence-electron chi connectivity index (χ2n) is 5.17. The van der Waals surface area contributed by atoms with Gasteiger partial charge in [-0.05, 0) is 30.3 Å². The smallest absolute Gasteiger partial charge is 0.251 e. The summed E-state index contributed by atoms with van der Waals surface area (Å²) in [6, 6.07) is 14.4. The predicted octanol–water partition coefficient (Wildman–Crippen LogP) is 1.35. The fourth-order valence-electron chi connectivity index (χ4n) is 2.09. The highest BCUT2D eigenvalue weighted by atomic mass is 32.2. The Hall–Kier alpha value is -2.71. The van der Waals surface area contributed by atoms with Crippen LogP contribution in [0.1, 0.15) is 16.8 Å². The first-order chi connectivity index (χ1) is 11.9. The first-order valence-corrected chi connectivity index (χ1v) is 9.07. The second-order valence-corrected chi connectivity index (χ2v) is 6.94. The fraction of sp³-hybridized carbons (Fsp3) is 0.176. The lowest BCUT2D eigenvalue weighted by Crippen LogP contribution is -2.27. The van der Waals surface area contributed by atoms with E-state index in [2.05, 4.69) is 15.4 Å². The molecule has 2 aromatic rings. The van der Waals surface area contributed by atoms with Gasteiger partial charge < -0.3 is 10.6 Å². The molecule has 0 fully saturated rings. The Kier molecular flexibility index (Phi) is 6.26. The minimum absolute atomic E-state index is 0.0296. The van der Waals surface area contributed by atoms with Gasteiger partial charge in [0.25, 0.3) is 5.91 Å². The average Bonchev–Trinajstić information content (AvgIpc) is 2.62. The van der Waals surface area contributed by atoms with Crippen LogP contribution < -0.4 is 15.4 Å². The number of amides is 2. The number of carbonyl (C=O) groups is 2. The van der Waals surface area contributed by atoms with Gasteiger partial charge in [0.05, 0.1) is 4.90 Å². The van der Waals surface area contributed by atoms with Crippen molar-refractivity contribution in [1.82, 2.24) is 10.0 Å². The van der Waals surface area contributed by atoms with Gasteiger partial charge in [-0.25, -0.2) is 13.1 Å². The molecule has 2 rings (SSSR count). The van der Waals surface area contributed by atoms with Crippen molar-refractivity contribution in [2.45, 2.75) is 11.3 Å². The molecule has 0 saturated carbocycles. The summed E-state index contributed by atoms with van der Waals surface area (Å²) in [5.74, 6) is -0.614. The Bertz CT molecular complexity index is 851. The van der Waals surface area contributed by atoms with Crippen molar-refractivity contribution in [1.29, 1.82) is 0 Å². The van der Waals surface area contributed by atoms with E-state index in [1.807, 2.05) is 0 Å². The van der Waals surface area contributed by atoms with Crippen LogP contribution >= 0.6 is 0 Å². The molecule has 25 heavy (non-hydrogen) atoms. The Labute approximate surface area is 146 Å². The van der Waals surface area contributed by atoms with E-state index in [0.29, 0.717) is 11.3 Å². The van der Waals surface area contributed by atoms with Crippen LogP contribution in [0.4, 0.5) is 5.69 Å². The maximum atomic E-state index is 12.0. The molecule has 3 N–H and O–H groups in total. The minimum Gasteiger partial charge on any atom is -0.355 e. The summed E-state index contributed by atoms with van der Waals surface area (Å²) in [4.78, 5) is 23.7. The van der Waals surface area contributed by atoms with E-state index >= 15 is 0 Å². The Morgan fingerprint density at radius 1 is 1.00 bits per heavy atom. The lowest BCUT2D eigenvalue weighted by molar-refractivity contribution is -0.116. The minimum atomic E-state index is -3.63. The summed E-state index contributed by atoms with van der Waals surface area (Å²) < 4.78 is 26.5. The van der Waals surface area contributed by atoms with Gasteiger partial charge >= 0.3 is 0 Å². The molecule has 0 bridgehead atoms. The highest BCUT2D eigenvalue weighted by Crippen LogP contribution is 2.11.